The van der Waals surface area contributed by atoms with Crippen molar-refractivity contribution >= 4 is 34.1 Å². The number of rotatable bonds is 0. The normalized spacial score (nSPS) is 10.9. The van der Waals surface area contributed by atoms with Crippen LogP contribution in [0.4, 0.5) is 4.39 Å². The standard InChI is InChI=1S/C9H5Cl2FN2/c1-4-2-5-7(13-3-4)6(12)9(11)14-8(5)10/h2-3H,1H3. The molecule has 5 heteroatoms. The maximum absolute atomic E-state index is 13.4. The maximum atomic E-state index is 13.4. The predicted molar refractivity (Wildman–Crippen MR) is 54.3 cm³/mol. The molecule has 0 aliphatic carbocycles. The van der Waals surface area contributed by atoms with Gasteiger partial charge in [0.05, 0.1) is 0 Å². The molecule has 2 nitrogen and oxygen atoms in total. The second-order valence-corrected chi connectivity index (χ2v) is 3.63. The maximum Gasteiger partial charge on any atom is 0.186 e. The van der Waals surface area contributed by atoms with E-state index in [2.05, 4.69) is 9.97 Å². The predicted octanol–water partition coefficient (Wildman–Crippen LogP) is 3.38. The quantitative estimate of drug-likeness (QED) is 0.649. The number of aryl methyl sites for hydroxylation is 1. The number of halogens is 3. The fourth-order valence-corrected chi connectivity index (χ4v) is 1.64. The summed E-state index contributed by atoms with van der Waals surface area (Å²) in [5, 5.41) is 0.398. The molecule has 72 valence electrons. The highest BCUT2D eigenvalue weighted by Crippen LogP contribution is 2.27. The topological polar surface area (TPSA) is 25.8 Å². The van der Waals surface area contributed by atoms with Crippen molar-refractivity contribution in [2.75, 3.05) is 0 Å². The highest BCUT2D eigenvalue weighted by molar-refractivity contribution is 6.36. The summed E-state index contributed by atoms with van der Waals surface area (Å²) in [7, 11) is 0. The van der Waals surface area contributed by atoms with Gasteiger partial charge < -0.3 is 0 Å². The molecule has 0 saturated heterocycles. The van der Waals surface area contributed by atoms with Crippen LogP contribution in [0.1, 0.15) is 5.56 Å². The molecule has 14 heavy (non-hydrogen) atoms. The molecular formula is C9H5Cl2FN2. The molecule has 0 spiro atoms. The van der Waals surface area contributed by atoms with Crippen molar-refractivity contribution in [3.8, 4) is 0 Å². The van der Waals surface area contributed by atoms with E-state index in [4.69, 9.17) is 23.2 Å². The minimum atomic E-state index is -0.633. The lowest BCUT2D eigenvalue weighted by Crippen LogP contribution is -1.91. The van der Waals surface area contributed by atoms with Gasteiger partial charge in [-0.2, -0.15) is 0 Å². The monoisotopic (exact) mass is 230 g/mol. The number of pyridine rings is 2. The lowest BCUT2D eigenvalue weighted by atomic mass is 10.2. The van der Waals surface area contributed by atoms with E-state index >= 15 is 0 Å². The van der Waals surface area contributed by atoms with Crippen LogP contribution in [0.5, 0.6) is 0 Å². The molecule has 2 aromatic heterocycles. The van der Waals surface area contributed by atoms with E-state index in [9.17, 15) is 4.39 Å². The van der Waals surface area contributed by atoms with Crippen LogP contribution in [0.15, 0.2) is 12.3 Å². The number of fused-ring (bicyclic) bond motifs is 1. The van der Waals surface area contributed by atoms with Crippen LogP contribution in [0.25, 0.3) is 10.9 Å². The molecule has 0 bridgehead atoms. The van der Waals surface area contributed by atoms with Crippen LogP contribution in [-0.2, 0) is 0 Å². The summed E-state index contributed by atoms with van der Waals surface area (Å²) in [4.78, 5) is 7.58. The summed E-state index contributed by atoms with van der Waals surface area (Å²) in [5.41, 5.74) is 1.04. The highest BCUT2D eigenvalue weighted by atomic mass is 35.5. The summed E-state index contributed by atoms with van der Waals surface area (Å²) < 4.78 is 13.4. The van der Waals surface area contributed by atoms with Crippen LogP contribution >= 0.6 is 23.2 Å². The minimum absolute atomic E-state index is 0.153. The summed E-state index contributed by atoms with van der Waals surface area (Å²) in [6, 6.07) is 1.72. The molecule has 2 heterocycles. The van der Waals surface area contributed by atoms with Crippen molar-refractivity contribution in [1.82, 2.24) is 9.97 Å². The van der Waals surface area contributed by atoms with Gasteiger partial charge in [0.15, 0.2) is 11.0 Å². The van der Waals surface area contributed by atoms with Crippen molar-refractivity contribution in [2.24, 2.45) is 0 Å². The zero-order valence-corrected chi connectivity index (χ0v) is 8.69. The first-order valence-corrected chi connectivity index (χ1v) is 4.62. The summed E-state index contributed by atoms with van der Waals surface area (Å²) >= 11 is 11.3. The molecule has 2 aromatic rings. The molecule has 0 fully saturated rings. The number of hydrogen-bond acceptors (Lipinski definition) is 2. The van der Waals surface area contributed by atoms with Crippen molar-refractivity contribution in [3.63, 3.8) is 0 Å². The van der Waals surface area contributed by atoms with E-state index in [1.807, 2.05) is 6.92 Å². The lowest BCUT2D eigenvalue weighted by molar-refractivity contribution is 0.631. The van der Waals surface area contributed by atoms with Crippen LogP contribution in [0.3, 0.4) is 0 Å². The molecule has 0 saturated carbocycles. The van der Waals surface area contributed by atoms with E-state index in [0.717, 1.165) is 5.56 Å². The molecule has 2 rings (SSSR count). The number of aromatic nitrogens is 2. The van der Waals surface area contributed by atoms with Gasteiger partial charge >= 0.3 is 0 Å². The Kier molecular flexibility index (Phi) is 2.29. The van der Waals surface area contributed by atoms with Crippen LogP contribution in [0, 0.1) is 12.7 Å². The average molecular weight is 231 g/mol. The Labute approximate surface area is 89.7 Å². The van der Waals surface area contributed by atoms with Crippen molar-refractivity contribution in [2.45, 2.75) is 6.92 Å². The molecule has 0 unspecified atom stereocenters. The summed E-state index contributed by atoms with van der Waals surface area (Å²) in [6.45, 7) is 1.84. The van der Waals surface area contributed by atoms with E-state index in [0.29, 0.717) is 5.39 Å². The van der Waals surface area contributed by atoms with Gasteiger partial charge in [-0.3, -0.25) is 4.98 Å². The molecule has 0 N–H and O–H groups in total. The molecule has 0 aliphatic rings. The number of hydrogen-bond donors (Lipinski definition) is 0. The Morgan fingerprint density at radius 1 is 1.29 bits per heavy atom. The molecule has 0 atom stereocenters. The Morgan fingerprint density at radius 3 is 2.71 bits per heavy atom. The van der Waals surface area contributed by atoms with Gasteiger partial charge in [-0.15, -0.1) is 0 Å². The molecule has 0 aliphatic heterocycles. The zero-order chi connectivity index (χ0) is 10.3. The molecule has 0 radical (unpaired) electrons. The Morgan fingerprint density at radius 2 is 2.00 bits per heavy atom. The van der Waals surface area contributed by atoms with Crippen molar-refractivity contribution in [1.29, 1.82) is 0 Å². The van der Waals surface area contributed by atoms with Crippen LogP contribution in [0.2, 0.25) is 10.3 Å². The Balaban J connectivity index is 2.94. The number of nitrogens with zero attached hydrogens (tertiary/aromatic N) is 2. The smallest absolute Gasteiger partial charge is 0.186 e. The van der Waals surface area contributed by atoms with E-state index in [1.165, 1.54) is 0 Å². The second-order valence-electron chi connectivity index (χ2n) is 2.92. The van der Waals surface area contributed by atoms with E-state index < -0.39 is 5.82 Å². The Bertz CT molecular complexity index is 514. The van der Waals surface area contributed by atoms with Crippen LogP contribution < -0.4 is 0 Å². The van der Waals surface area contributed by atoms with Gasteiger partial charge in [-0.1, -0.05) is 23.2 Å². The first-order valence-electron chi connectivity index (χ1n) is 3.86. The van der Waals surface area contributed by atoms with E-state index in [1.54, 1.807) is 12.3 Å². The van der Waals surface area contributed by atoms with Crippen LogP contribution in [-0.4, -0.2) is 9.97 Å². The zero-order valence-electron chi connectivity index (χ0n) is 7.18. The van der Waals surface area contributed by atoms with Gasteiger partial charge in [0, 0.05) is 11.6 Å². The largest absolute Gasteiger partial charge is 0.253 e. The fraction of sp³-hybridized carbons (Fsp3) is 0.111. The van der Waals surface area contributed by atoms with Gasteiger partial charge in [0.25, 0.3) is 0 Å². The summed E-state index contributed by atoms with van der Waals surface area (Å²) in [6.07, 6.45) is 1.55. The Hall–Kier alpha value is -0.930. The molecule has 0 aromatic carbocycles. The van der Waals surface area contributed by atoms with Gasteiger partial charge in [-0.25, -0.2) is 9.37 Å². The second kappa shape index (κ2) is 3.33. The minimum Gasteiger partial charge on any atom is -0.253 e. The average Bonchev–Trinajstić information content (AvgIpc) is 2.14. The third kappa shape index (κ3) is 1.42. The first kappa shape index (κ1) is 9.62. The molecule has 0 amide bonds. The SMILES string of the molecule is Cc1cnc2c(F)c(Cl)nc(Cl)c2c1. The highest BCUT2D eigenvalue weighted by Gasteiger charge is 2.12. The summed E-state index contributed by atoms with van der Waals surface area (Å²) in [5.74, 6) is -0.633. The van der Waals surface area contributed by atoms with Gasteiger partial charge in [0.1, 0.15) is 10.7 Å². The van der Waals surface area contributed by atoms with Crippen molar-refractivity contribution < 1.29 is 4.39 Å². The van der Waals surface area contributed by atoms with Gasteiger partial charge in [-0.05, 0) is 18.6 Å². The third-order valence-corrected chi connectivity index (χ3v) is 2.37. The van der Waals surface area contributed by atoms with Gasteiger partial charge in [0.2, 0.25) is 0 Å². The first-order chi connectivity index (χ1) is 6.59. The molecular weight excluding hydrogens is 226 g/mol. The van der Waals surface area contributed by atoms with E-state index in [-0.39, 0.29) is 15.8 Å². The third-order valence-electron chi connectivity index (χ3n) is 1.83. The lowest BCUT2D eigenvalue weighted by Gasteiger charge is -2.02. The fourth-order valence-electron chi connectivity index (χ4n) is 1.19. The van der Waals surface area contributed by atoms with Crippen molar-refractivity contribution in [3.05, 3.63) is 34.0 Å².